The topological polar surface area (TPSA) is 72.1 Å². The lowest BCUT2D eigenvalue weighted by molar-refractivity contribution is -0.130. The van der Waals surface area contributed by atoms with E-state index in [0.717, 1.165) is 31.2 Å². The van der Waals surface area contributed by atoms with Crippen LogP contribution in [0.2, 0.25) is 0 Å². The Morgan fingerprint density at radius 1 is 1.38 bits per heavy atom. The molecule has 1 aromatic carbocycles. The van der Waals surface area contributed by atoms with Crippen molar-refractivity contribution in [1.82, 2.24) is 15.1 Å². The molecular weight excluding hydrogens is 347 g/mol. The average molecular weight is 366 g/mol. The highest BCUT2D eigenvalue weighted by Crippen LogP contribution is 2.32. The summed E-state index contributed by atoms with van der Waals surface area (Å²) in [5.41, 5.74) is 6.43. The molecule has 1 unspecified atom stereocenters. The predicted octanol–water partition coefficient (Wildman–Crippen LogP) is 3.50. The fourth-order valence-electron chi connectivity index (χ4n) is 2.95. The number of hydrogen-bond acceptors (Lipinski definition) is 6. The number of carbonyl (C=O) groups excluding carboxylic acids is 1. The molecule has 2 aromatic rings. The number of thioether (sulfide) groups is 1. The normalized spacial score (nSPS) is 18.4. The fourth-order valence-corrected chi connectivity index (χ4v) is 4.47. The van der Waals surface area contributed by atoms with Crippen molar-refractivity contribution in [2.75, 3.05) is 18.0 Å². The van der Waals surface area contributed by atoms with Crippen LogP contribution in [0.3, 0.4) is 0 Å². The van der Waals surface area contributed by atoms with Crippen LogP contribution in [0, 0.1) is 5.82 Å². The van der Waals surface area contributed by atoms with Crippen LogP contribution in [0.1, 0.15) is 37.3 Å². The van der Waals surface area contributed by atoms with E-state index in [1.54, 1.807) is 6.07 Å². The Hall–Kier alpha value is -1.67. The Balaban J connectivity index is 1.72. The molecule has 0 bridgehead atoms. The van der Waals surface area contributed by atoms with Gasteiger partial charge in [0.15, 0.2) is 4.34 Å². The zero-order valence-corrected chi connectivity index (χ0v) is 14.8. The van der Waals surface area contributed by atoms with E-state index in [9.17, 15) is 9.18 Å². The lowest BCUT2D eigenvalue weighted by Crippen LogP contribution is -2.36. The van der Waals surface area contributed by atoms with Crippen molar-refractivity contribution in [3.05, 3.63) is 35.6 Å². The smallest absolute Gasteiger partial charge is 0.233 e. The van der Waals surface area contributed by atoms with Gasteiger partial charge in [-0.2, -0.15) is 0 Å². The minimum atomic E-state index is -0.261. The first-order valence-electron chi connectivity index (χ1n) is 7.90. The van der Waals surface area contributed by atoms with E-state index in [2.05, 4.69) is 10.2 Å². The molecule has 0 radical (unpaired) electrons. The highest BCUT2D eigenvalue weighted by atomic mass is 32.2. The number of nitrogen functional groups attached to an aromatic ring is 1. The average Bonchev–Trinajstić information content (AvgIpc) is 2.84. The van der Waals surface area contributed by atoms with Gasteiger partial charge < -0.3 is 10.6 Å². The lowest BCUT2D eigenvalue weighted by atomic mass is 10.0. The summed E-state index contributed by atoms with van der Waals surface area (Å²) in [5, 5.41) is 8.08. The van der Waals surface area contributed by atoms with Crippen LogP contribution in [0.4, 0.5) is 9.52 Å². The Morgan fingerprint density at radius 3 is 3.00 bits per heavy atom. The van der Waals surface area contributed by atoms with Crippen LogP contribution in [-0.2, 0) is 4.79 Å². The quantitative estimate of drug-likeness (QED) is 0.839. The number of nitrogens with zero attached hydrogens (tertiary/aromatic N) is 3. The van der Waals surface area contributed by atoms with Gasteiger partial charge in [0.1, 0.15) is 5.82 Å². The third kappa shape index (κ3) is 4.24. The minimum Gasteiger partial charge on any atom is -0.374 e. The number of anilines is 1. The van der Waals surface area contributed by atoms with Gasteiger partial charge in [-0.1, -0.05) is 48.1 Å². The van der Waals surface area contributed by atoms with Gasteiger partial charge in [-0.15, -0.1) is 10.2 Å². The van der Waals surface area contributed by atoms with E-state index < -0.39 is 0 Å². The molecule has 0 spiro atoms. The Morgan fingerprint density at radius 2 is 2.25 bits per heavy atom. The van der Waals surface area contributed by atoms with Gasteiger partial charge in [-0.05, 0) is 30.5 Å². The molecule has 1 atom stereocenters. The second kappa shape index (κ2) is 7.94. The first kappa shape index (κ1) is 17.2. The van der Waals surface area contributed by atoms with E-state index in [1.165, 1.54) is 35.2 Å². The highest BCUT2D eigenvalue weighted by Gasteiger charge is 2.27. The largest absolute Gasteiger partial charge is 0.374 e. The Bertz CT molecular complexity index is 709. The maximum absolute atomic E-state index is 13.6. The molecule has 1 aliphatic rings. The summed E-state index contributed by atoms with van der Waals surface area (Å²) in [7, 11) is 0. The van der Waals surface area contributed by atoms with E-state index in [-0.39, 0.29) is 17.8 Å². The monoisotopic (exact) mass is 366 g/mol. The molecule has 1 aromatic heterocycles. The second-order valence-electron chi connectivity index (χ2n) is 5.70. The molecule has 3 rings (SSSR count). The standard InChI is InChI=1S/C16H19FN4OS2/c17-12-6-4-5-11(9-12)13-7-2-1-3-8-21(13)14(22)10-23-16-20-19-15(18)24-16/h4-6,9,13H,1-3,7-8,10H2,(H2,18,19). The molecule has 0 saturated carbocycles. The number of amides is 1. The van der Waals surface area contributed by atoms with Gasteiger partial charge in [0, 0.05) is 6.54 Å². The highest BCUT2D eigenvalue weighted by molar-refractivity contribution is 8.01. The molecule has 2 heterocycles. The second-order valence-corrected chi connectivity index (χ2v) is 7.93. The van der Waals surface area contributed by atoms with Crippen molar-refractivity contribution in [3.8, 4) is 0 Å². The summed E-state index contributed by atoms with van der Waals surface area (Å²) in [6.45, 7) is 0.707. The summed E-state index contributed by atoms with van der Waals surface area (Å²) in [5.74, 6) is 0.0771. The summed E-state index contributed by atoms with van der Waals surface area (Å²) in [4.78, 5) is 14.6. The van der Waals surface area contributed by atoms with Gasteiger partial charge >= 0.3 is 0 Å². The van der Waals surface area contributed by atoms with Crippen molar-refractivity contribution >= 4 is 34.1 Å². The number of halogens is 1. The zero-order valence-electron chi connectivity index (χ0n) is 13.2. The van der Waals surface area contributed by atoms with Crippen LogP contribution < -0.4 is 5.73 Å². The summed E-state index contributed by atoms with van der Waals surface area (Å²) >= 11 is 2.63. The van der Waals surface area contributed by atoms with Crippen LogP contribution in [-0.4, -0.2) is 33.3 Å². The van der Waals surface area contributed by atoms with Crippen LogP contribution >= 0.6 is 23.1 Å². The number of likely N-dealkylation sites (tertiary alicyclic amines) is 1. The SMILES string of the molecule is Nc1nnc(SCC(=O)N2CCCCCC2c2cccc(F)c2)s1. The van der Waals surface area contributed by atoms with Crippen molar-refractivity contribution < 1.29 is 9.18 Å². The van der Waals surface area contributed by atoms with Crippen molar-refractivity contribution in [1.29, 1.82) is 0 Å². The first-order chi connectivity index (χ1) is 11.6. The Kier molecular flexibility index (Phi) is 5.68. The molecule has 5 nitrogen and oxygen atoms in total. The predicted molar refractivity (Wildman–Crippen MR) is 94.4 cm³/mol. The van der Waals surface area contributed by atoms with Crippen molar-refractivity contribution in [2.45, 2.75) is 36.1 Å². The van der Waals surface area contributed by atoms with Crippen LogP contribution in [0.25, 0.3) is 0 Å². The maximum atomic E-state index is 13.6. The number of rotatable bonds is 4. The summed E-state index contributed by atoms with van der Waals surface area (Å²) in [6.07, 6.45) is 3.99. The summed E-state index contributed by atoms with van der Waals surface area (Å²) < 4.78 is 14.3. The van der Waals surface area contributed by atoms with Crippen LogP contribution in [0.15, 0.2) is 28.6 Å². The molecule has 128 valence electrons. The molecule has 0 aliphatic carbocycles. The minimum absolute atomic E-state index is 0.0462. The van der Waals surface area contributed by atoms with Gasteiger partial charge in [0.05, 0.1) is 11.8 Å². The number of carbonyl (C=O) groups is 1. The number of benzene rings is 1. The maximum Gasteiger partial charge on any atom is 0.233 e. The molecule has 1 saturated heterocycles. The molecule has 2 N–H and O–H groups in total. The molecular formula is C16H19FN4OS2. The molecule has 8 heteroatoms. The first-order valence-corrected chi connectivity index (χ1v) is 9.70. The number of hydrogen-bond donors (Lipinski definition) is 1. The Labute approximate surface area is 148 Å². The molecule has 1 fully saturated rings. The zero-order chi connectivity index (χ0) is 16.9. The molecule has 24 heavy (non-hydrogen) atoms. The third-order valence-electron chi connectivity index (χ3n) is 4.05. The molecule has 1 amide bonds. The van der Waals surface area contributed by atoms with E-state index in [4.69, 9.17) is 5.73 Å². The van der Waals surface area contributed by atoms with Gasteiger partial charge in [-0.3, -0.25) is 4.79 Å². The van der Waals surface area contributed by atoms with E-state index in [0.29, 0.717) is 21.8 Å². The van der Waals surface area contributed by atoms with E-state index >= 15 is 0 Å². The molecule has 1 aliphatic heterocycles. The van der Waals surface area contributed by atoms with Crippen molar-refractivity contribution in [3.63, 3.8) is 0 Å². The number of nitrogens with two attached hydrogens (primary N) is 1. The van der Waals surface area contributed by atoms with Crippen LogP contribution in [0.5, 0.6) is 0 Å². The number of aromatic nitrogens is 2. The van der Waals surface area contributed by atoms with E-state index in [1.807, 2.05) is 11.0 Å². The van der Waals surface area contributed by atoms with Gasteiger partial charge in [0.2, 0.25) is 11.0 Å². The summed E-state index contributed by atoms with van der Waals surface area (Å²) in [6, 6.07) is 6.52. The van der Waals surface area contributed by atoms with Gasteiger partial charge in [0.25, 0.3) is 0 Å². The van der Waals surface area contributed by atoms with Crippen molar-refractivity contribution in [2.24, 2.45) is 0 Å². The fraction of sp³-hybridized carbons (Fsp3) is 0.438. The lowest BCUT2D eigenvalue weighted by Gasteiger charge is -2.30. The van der Waals surface area contributed by atoms with Gasteiger partial charge in [-0.25, -0.2) is 4.39 Å². The third-order valence-corrected chi connectivity index (χ3v) is 5.92.